The summed E-state index contributed by atoms with van der Waals surface area (Å²) >= 11 is 0. The number of nitro benzene ring substituents is 1. The first-order valence-electron chi connectivity index (χ1n) is 6.33. The lowest BCUT2D eigenvalue weighted by Crippen LogP contribution is -2.33. The Balaban J connectivity index is 2.98. The largest absolute Gasteiger partial charge is 0.493 e. The first kappa shape index (κ1) is 17.2. The first-order valence-corrected chi connectivity index (χ1v) is 6.33. The summed E-state index contributed by atoms with van der Waals surface area (Å²) in [6, 6.07) is 2.37. The summed E-state index contributed by atoms with van der Waals surface area (Å²) in [4.78, 5) is 33.2. The van der Waals surface area contributed by atoms with E-state index in [4.69, 9.17) is 9.47 Å². The highest BCUT2D eigenvalue weighted by Crippen LogP contribution is 2.34. The zero-order valence-electron chi connectivity index (χ0n) is 12.5. The highest BCUT2D eigenvalue weighted by Gasteiger charge is 2.24. The van der Waals surface area contributed by atoms with Crippen LogP contribution in [-0.4, -0.2) is 44.0 Å². The van der Waals surface area contributed by atoms with Crippen molar-refractivity contribution < 1.29 is 24.0 Å². The zero-order chi connectivity index (χ0) is 16.7. The van der Waals surface area contributed by atoms with Gasteiger partial charge in [-0.2, -0.15) is 0 Å². The van der Waals surface area contributed by atoms with Gasteiger partial charge in [-0.15, -0.1) is 0 Å². The van der Waals surface area contributed by atoms with Gasteiger partial charge in [0.2, 0.25) is 5.91 Å². The molecule has 9 heteroatoms. The van der Waals surface area contributed by atoms with Crippen molar-refractivity contribution in [1.29, 1.82) is 0 Å². The fourth-order valence-corrected chi connectivity index (χ4v) is 1.71. The summed E-state index contributed by atoms with van der Waals surface area (Å²) in [6.45, 7) is 1.72. The van der Waals surface area contributed by atoms with E-state index in [-0.39, 0.29) is 36.1 Å². The van der Waals surface area contributed by atoms with Gasteiger partial charge in [-0.1, -0.05) is 0 Å². The molecule has 0 aliphatic heterocycles. The Hall–Kier alpha value is -2.84. The number of methoxy groups -OCH3 is 2. The van der Waals surface area contributed by atoms with Crippen LogP contribution in [0, 0.1) is 10.1 Å². The van der Waals surface area contributed by atoms with Crippen molar-refractivity contribution in [1.82, 2.24) is 10.6 Å². The number of rotatable bonds is 7. The third kappa shape index (κ3) is 4.33. The van der Waals surface area contributed by atoms with Crippen LogP contribution in [0.1, 0.15) is 17.3 Å². The Labute approximate surface area is 126 Å². The number of nitrogens with one attached hydrogen (secondary N) is 2. The van der Waals surface area contributed by atoms with Gasteiger partial charge in [0.1, 0.15) is 5.56 Å². The topological polar surface area (TPSA) is 120 Å². The van der Waals surface area contributed by atoms with Crippen LogP contribution < -0.4 is 20.1 Å². The Morgan fingerprint density at radius 1 is 1.14 bits per heavy atom. The van der Waals surface area contributed by atoms with E-state index >= 15 is 0 Å². The number of amides is 2. The smallest absolute Gasteiger partial charge is 0.286 e. The van der Waals surface area contributed by atoms with Crippen molar-refractivity contribution in [2.24, 2.45) is 0 Å². The van der Waals surface area contributed by atoms with Gasteiger partial charge in [-0.25, -0.2) is 0 Å². The number of benzene rings is 1. The standard InChI is InChI=1S/C13H17N3O6/c1-8(17)14-4-5-15-13(18)9-6-11(21-2)12(22-3)7-10(9)16(19)20/h6-7H,4-5H2,1-3H3,(H,14,17)(H,15,18). The molecule has 1 rings (SSSR count). The lowest BCUT2D eigenvalue weighted by atomic mass is 10.1. The maximum atomic E-state index is 12.1. The van der Waals surface area contributed by atoms with Crippen LogP contribution in [0.15, 0.2) is 12.1 Å². The van der Waals surface area contributed by atoms with Crippen LogP contribution in [0.25, 0.3) is 0 Å². The minimum absolute atomic E-state index is 0.143. The average molecular weight is 311 g/mol. The monoisotopic (exact) mass is 311 g/mol. The number of nitro groups is 1. The molecule has 0 saturated heterocycles. The second-order valence-electron chi connectivity index (χ2n) is 4.22. The fraction of sp³-hybridized carbons (Fsp3) is 0.385. The minimum Gasteiger partial charge on any atom is -0.493 e. The number of carbonyl (C=O) groups excluding carboxylic acids is 2. The molecule has 0 aliphatic carbocycles. The quantitative estimate of drug-likeness (QED) is 0.429. The van der Waals surface area contributed by atoms with Gasteiger partial charge in [-0.3, -0.25) is 19.7 Å². The molecule has 9 nitrogen and oxygen atoms in total. The highest BCUT2D eigenvalue weighted by molar-refractivity contribution is 5.99. The molecule has 2 amide bonds. The third-order valence-electron chi connectivity index (χ3n) is 2.73. The molecule has 1 aromatic rings. The van der Waals surface area contributed by atoms with Gasteiger partial charge in [0.05, 0.1) is 25.2 Å². The summed E-state index contributed by atoms with van der Waals surface area (Å²) in [7, 11) is 2.71. The SMILES string of the molecule is COc1cc(C(=O)NCCNC(C)=O)c([N+](=O)[O-])cc1OC. The van der Waals surface area contributed by atoms with Crippen molar-refractivity contribution in [2.45, 2.75) is 6.92 Å². The number of hydrogen-bond donors (Lipinski definition) is 2. The zero-order valence-corrected chi connectivity index (χ0v) is 12.5. The summed E-state index contributed by atoms with van der Waals surface area (Å²) in [5.41, 5.74) is -0.542. The fourth-order valence-electron chi connectivity index (χ4n) is 1.71. The number of hydrogen-bond acceptors (Lipinski definition) is 6. The lowest BCUT2D eigenvalue weighted by molar-refractivity contribution is -0.385. The molecule has 2 N–H and O–H groups in total. The second-order valence-corrected chi connectivity index (χ2v) is 4.22. The Kier molecular flexibility index (Phi) is 6.11. The molecule has 0 bridgehead atoms. The van der Waals surface area contributed by atoms with Gasteiger partial charge in [0, 0.05) is 26.1 Å². The van der Waals surface area contributed by atoms with Gasteiger partial charge < -0.3 is 20.1 Å². The van der Waals surface area contributed by atoms with E-state index in [0.29, 0.717) is 0 Å². The van der Waals surface area contributed by atoms with Crippen molar-refractivity contribution in [3.8, 4) is 11.5 Å². The van der Waals surface area contributed by atoms with Gasteiger partial charge in [0.25, 0.3) is 11.6 Å². The normalized spacial score (nSPS) is 9.77. The van der Waals surface area contributed by atoms with Crippen LogP contribution in [-0.2, 0) is 4.79 Å². The summed E-state index contributed by atoms with van der Waals surface area (Å²) < 4.78 is 10.0. The molecule has 22 heavy (non-hydrogen) atoms. The van der Waals surface area contributed by atoms with E-state index in [0.717, 1.165) is 6.07 Å². The van der Waals surface area contributed by atoms with Crippen molar-refractivity contribution in [3.63, 3.8) is 0 Å². The molecule has 0 radical (unpaired) electrons. The van der Waals surface area contributed by atoms with E-state index in [1.807, 2.05) is 0 Å². The first-order chi connectivity index (χ1) is 10.4. The van der Waals surface area contributed by atoms with E-state index in [1.165, 1.54) is 27.2 Å². The van der Waals surface area contributed by atoms with Crippen LogP contribution in [0.3, 0.4) is 0 Å². The number of carbonyl (C=O) groups is 2. The van der Waals surface area contributed by atoms with Crippen molar-refractivity contribution >= 4 is 17.5 Å². The Morgan fingerprint density at radius 3 is 2.18 bits per heavy atom. The molecular formula is C13H17N3O6. The maximum Gasteiger partial charge on any atom is 0.286 e. The van der Waals surface area contributed by atoms with Crippen molar-refractivity contribution in [3.05, 3.63) is 27.8 Å². The molecule has 0 heterocycles. The summed E-state index contributed by atoms with van der Waals surface area (Å²) in [6.07, 6.45) is 0. The average Bonchev–Trinajstić information content (AvgIpc) is 2.49. The third-order valence-corrected chi connectivity index (χ3v) is 2.73. The van der Waals surface area contributed by atoms with E-state index in [1.54, 1.807) is 0 Å². The van der Waals surface area contributed by atoms with E-state index in [2.05, 4.69) is 10.6 Å². The summed E-state index contributed by atoms with van der Waals surface area (Å²) in [5, 5.41) is 16.1. The molecule has 0 unspecified atom stereocenters. The molecule has 0 aromatic heterocycles. The van der Waals surface area contributed by atoms with Crippen LogP contribution in [0.5, 0.6) is 11.5 Å². The Bertz CT molecular complexity index is 587. The van der Waals surface area contributed by atoms with Gasteiger partial charge >= 0.3 is 0 Å². The number of nitrogens with zero attached hydrogens (tertiary/aromatic N) is 1. The molecule has 1 aromatic carbocycles. The van der Waals surface area contributed by atoms with Crippen LogP contribution in [0.2, 0.25) is 0 Å². The van der Waals surface area contributed by atoms with Gasteiger partial charge in [-0.05, 0) is 0 Å². The van der Waals surface area contributed by atoms with Gasteiger partial charge in [0.15, 0.2) is 11.5 Å². The second kappa shape index (κ2) is 7.81. The minimum atomic E-state index is -0.676. The van der Waals surface area contributed by atoms with Crippen LogP contribution in [0.4, 0.5) is 5.69 Å². The molecular weight excluding hydrogens is 294 g/mol. The highest BCUT2D eigenvalue weighted by atomic mass is 16.6. The van der Waals surface area contributed by atoms with Crippen molar-refractivity contribution in [2.75, 3.05) is 27.3 Å². The van der Waals surface area contributed by atoms with E-state index in [9.17, 15) is 19.7 Å². The lowest BCUT2D eigenvalue weighted by Gasteiger charge is -2.11. The molecule has 0 spiro atoms. The maximum absolute atomic E-state index is 12.1. The predicted octanol–water partition coefficient (Wildman–Crippen LogP) is 0.478. The molecule has 0 fully saturated rings. The molecule has 0 atom stereocenters. The molecule has 0 aliphatic rings. The predicted molar refractivity (Wildman–Crippen MR) is 77.2 cm³/mol. The Morgan fingerprint density at radius 2 is 1.68 bits per heavy atom. The molecule has 120 valence electrons. The number of ether oxygens (including phenoxy) is 2. The van der Waals surface area contributed by atoms with Crippen LogP contribution >= 0.6 is 0 Å². The summed E-state index contributed by atoms with van der Waals surface area (Å²) in [5.74, 6) is -0.506. The van der Waals surface area contributed by atoms with E-state index < -0.39 is 16.5 Å². The molecule has 0 saturated carbocycles.